The second-order valence-corrected chi connectivity index (χ2v) is 19.4. The molecule has 2 nitrogen and oxygen atoms in total. The Labute approximate surface area is 390 Å². The molecule has 0 N–H and O–H groups in total. The van der Waals surface area contributed by atoms with Crippen molar-refractivity contribution < 1.29 is 0 Å². The molecule has 5 aliphatic carbocycles. The number of para-hydroxylation sites is 1. The summed E-state index contributed by atoms with van der Waals surface area (Å²) in [5, 5.41) is 4.94. The Morgan fingerprint density at radius 3 is 2.52 bits per heavy atom. The number of hydrogen-bond acceptors (Lipinski definition) is 1. The van der Waals surface area contributed by atoms with Crippen LogP contribution in [0, 0.1) is 5.92 Å². The van der Waals surface area contributed by atoms with Crippen LogP contribution < -0.4 is 0 Å². The molecule has 0 radical (unpaired) electrons. The molecule has 2 heteroatoms. The van der Waals surface area contributed by atoms with E-state index in [2.05, 4.69) is 210 Å². The molecule has 5 aromatic carbocycles. The van der Waals surface area contributed by atoms with Crippen molar-refractivity contribution in [3.05, 3.63) is 233 Å². The monoisotopic (exact) mass is 854 g/mol. The van der Waals surface area contributed by atoms with Gasteiger partial charge in [0.05, 0.1) is 16.7 Å². The molecule has 0 spiro atoms. The molecule has 0 bridgehead atoms. The van der Waals surface area contributed by atoms with Crippen molar-refractivity contribution in [2.75, 3.05) is 0 Å². The SMILES string of the molecule is C=CC1=C(/C=C\C)c2ccc(C3C=C(c4cccc5c6c7ccccc7ccc6n(C(=C)/C=C(\N=C(C)C6=CCCC=C6)c6ccc7c(c6)CC6=C7C=CCC6)c45)C=CC3C)cc2C1(C)C. The molecule has 66 heavy (non-hydrogen) atoms. The lowest BCUT2D eigenvalue weighted by atomic mass is 9.76. The zero-order valence-corrected chi connectivity index (χ0v) is 39.1. The summed E-state index contributed by atoms with van der Waals surface area (Å²) in [5.41, 5.74) is 22.0. The van der Waals surface area contributed by atoms with Gasteiger partial charge < -0.3 is 4.57 Å². The molecule has 0 aliphatic heterocycles. The summed E-state index contributed by atoms with van der Waals surface area (Å²) < 4.78 is 2.42. The summed E-state index contributed by atoms with van der Waals surface area (Å²) in [6.07, 6.45) is 32.8. The number of benzene rings is 5. The van der Waals surface area contributed by atoms with Gasteiger partial charge >= 0.3 is 0 Å². The maximum Gasteiger partial charge on any atom is 0.0726 e. The topological polar surface area (TPSA) is 17.3 Å². The Morgan fingerprint density at radius 2 is 1.68 bits per heavy atom. The lowest BCUT2D eigenvalue weighted by Crippen LogP contribution is -2.17. The van der Waals surface area contributed by atoms with E-state index >= 15 is 0 Å². The molecule has 11 rings (SSSR count). The van der Waals surface area contributed by atoms with Crippen LogP contribution in [-0.4, -0.2) is 10.3 Å². The van der Waals surface area contributed by atoms with Crippen LogP contribution >= 0.6 is 0 Å². The predicted octanol–water partition coefficient (Wildman–Crippen LogP) is 17.0. The van der Waals surface area contributed by atoms with Gasteiger partial charge in [-0.25, -0.2) is 0 Å². The Balaban J connectivity index is 1.08. The fourth-order valence-corrected chi connectivity index (χ4v) is 11.7. The fourth-order valence-electron chi connectivity index (χ4n) is 11.7. The second-order valence-electron chi connectivity index (χ2n) is 19.4. The lowest BCUT2D eigenvalue weighted by Gasteiger charge is -2.27. The first-order valence-electron chi connectivity index (χ1n) is 24.0. The van der Waals surface area contributed by atoms with Crippen LogP contribution in [0.5, 0.6) is 0 Å². The summed E-state index contributed by atoms with van der Waals surface area (Å²) in [7, 11) is 0. The van der Waals surface area contributed by atoms with Crippen LogP contribution in [0.2, 0.25) is 0 Å². The van der Waals surface area contributed by atoms with E-state index in [0.29, 0.717) is 5.92 Å². The molecule has 324 valence electrons. The van der Waals surface area contributed by atoms with Crippen molar-refractivity contribution in [2.24, 2.45) is 10.9 Å². The third-order valence-corrected chi connectivity index (χ3v) is 15.1. The molecular formula is C64H58N2. The third kappa shape index (κ3) is 6.80. The Bertz CT molecular complexity index is 3420. The Hall–Kier alpha value is -7.03. The smallest absolute Gasteiger partial charge is 0.0726 e. The Morgan fingerprint density at radius 1 is 0.848 bits per heavy atom. The summed E-state index contributed by atoms with van der Waals surface area (Å²) in [5.74, 6) is 0.524. The molecule has 1 aromatic heterocycles. The van der Waals surface area contributed by atoms with E-state index in [4.69, 9.17) is 11.6 Å². The standard InChI is InChI=1S/C64H58N2/c1-8-18-54-55-33-29-47(39-59(55)64(6,7)58(54)9-2)57-38-46(28-27-40(57)3)53-25-17-26-56-62-52-24-16-13-21-44(52)31-34-61(62)66(63(53)56)41(4)35-60(65-42(5)43-19-11-10-12-20-43)48-30-32-51-49(37-48)36-45-22-14-15-23-50(45)51/h8-9,11,13,15-21,23-35,37-40,57H,2,4,10,12,14,22,36H2,1,3,5-7H3/b18-8-,60-35-,65-42?. The van der Waals surface area contributed by atoms with E-state index in [1.54, 1.807) is 5.57 Å². The van der Waals surface area contributed by atoms with Gasteiger partial charge in [0.25, 0.3) is 0 Å². The van der Waals surface area contributed by atoms with Crippen LogP contribution in [0.3, 0.4) is 0 Å². The molecule has 0 fully saturated rings. The highest BCUT2D eigenvalue weighted by Gasteiger charge is 2.36. The lowest BCUT2D eigenvalue weighted by molar-refractivity contribution is 0.626. The van der Waals surface area contributed by atoms with Gasteiger partial charge in [-0.05, 0) is 137 Å². The van der Waals surface area contributed by atoms with E-state index in [1.807, 2.05) is 0 Å². The van der Waals surface area contributed by atoms with Gasteiger partial charge in [0.2, 0.25) is 0 Å². The van der Waals surface area contributed by atoms with E-state index in [0.717, 1.165) is 65.8 Å². The largest absolute Gasteiger partial charge is 0.309 e. The molecule has 2 unspecified atom stereocenters. The summed E-state index contributed by atoms with van der Waals surface area (Å²) in [4.78, 5) is 5.49. The van der Waals surface area contributed by atoms with Crippen molar-refractivity contribution >= 4 is 66.4 Å². The number of rotatable bonds is 9. The van der Waals surface area contributed by atoms with E-state index < -0.39 is 0 Å². The molecule has 5 aliphatic rings. The van der Waals surface area contributed by atoms with Crippen molar-refractivity contribution in [1.29, 1.82) is 0 Å². The van der Waals surface area contributed by atoms with Crippen LogP contribution in [-0.2, 0) is 11.8 Å². The van der Waals surface area contributed by atoms with Crippen LogP contribution in [0.25, 0.3) is 60.7 Å². The highest BCUT2D eigenvalue weighted by atomic mass is 15.0. The minimum Gasteiger partial charge on any atom is -0.309 e. The predicted molar refractivity (Wildman–Crippen MR) is 286 cm³/mol. The molecule has 0 amide bonds. The maximum absolute atomic E-state index is 5.49. The number of fused-ring (bicyclic) bond motifs is 8. The minimum atomic E-state index is -0.135. The first-order valence-corrected chi connectivity index (χ1v) is 24.0. The Kier molecular flexibility index (Phi) is 10.4. The van der Waals surface area contributed by atoms with Gasteiger partial charge in [-0.3, -0.25) is 4.99 Å². The summed E-state index contributed by atoms with van der Waals surface area (Å²) in [6, 6.07) is 34.4. The number of hydrogen-bond donors (Lipinski definition) is 0. The summed E-state index contributed by atoms with van der Waals surface area (Å²) in [6.45, 7) is 20.5. The highest BCUT2D eigenvalue weighted by molar-refractivity contribution is 6.23. The number of allylic oxidation sites excluding steroid dienone is 19. The molecule has 6 aromatic rings. The van der Waals surface area contributed by atoms with Crippen molar-refractivity contribution in [2.45, 2.75) is 78.1 Å². The highest BCUT2D eigenvalue weighted by Crippen LogP contribution is 2.50. The molecule has 0 saturated heterocycles. The van der Waals surface area contributed by atoms with Crippen LogP contribution in [0.1, 0.15) is 105 Å². The third-order valence-electron chi connectivity index (χ3n) is 15.1. The van der Waals surface area contributed by atoms with E-state index in [1.165, 1.54) is 82.8 Å². The summed E-state index contributed by atoms with van der Waals surface area (Å²) >= 11 is 0. The molecule has 2 atom stereocenters. The van der Waals surface area contributed by atoms with Gasteiger partial charge in [-0.15, -0.1) is 0 Å². The van der Waals surface area contributed by atoms with Gasteiger partial charge in [-0.1, -0.05) is 185 Å². The zero-order valence-electron chi connectivity index (χ0n) is 39.1. The average Bonchev–Trinajstić information content (AvgIpc) is 3.96. The van der Waals surface area contributed by atoms with Gasteiger partial charge in [-0.2, -0.15) is 0 Å². The van der Waals surface area contributed by atoms with Crippen molar-refractivity contribution in [1.82, 2.24) is 4.57 Å². The molecule has 0 saturated carbocycles. The zero-order chi connectivity index (χ0) is 45.3. The van der Waals surface area contributed by atoms with Crippen molar-refractivity contribution in [3.8, 4) is 0 Å². The average molecular weight is 855 g/mol. The number of aliphatic imine (C=N–C) groups is 1. The maximum atomic E-state index is 5.49. The van der Waals surface area contributed by atoms with E-state index in [9.17, 15) is 0 Å². The molecule has 1 heterocycles. The number of nitrogens with zero attached hydrogens (tertiary/aromatic N) is 2. The first-order chi connectivity index (χ1) is 32.1. The van der Waals surface area contributed by atoms with Crippen molar-refractivity contribution in [3.63, 3.8) is 0 Å². The quantitative estimate of drug-likeness (QED) is 0.102. The number of aromatic nitrogens is 1. The fraction of sp³-hybridized carbons (Fsp3) is 0.203. The van der Waals surface area contributed by atoms with E-state index in [-0.39, 0.29) is 11.3 Å². The normalized spacial score (nSPS) is 20.1. The minimum absolute atomic E-state index is 0.135. The van der Waals surface area contributed by atoms with Crippen LogP contribution in [0.4, 0.5) is 0 Å². The second kappa shape index (κ2) is 16.4. The van der Waals surface area contributed by atoms with Crippen LogP contribution in [0.15, 0.2) is 199 Å². The molecular weight excluding hydrogens is 797 g/mol. The van der Waals surface area contributed by atoms with Gasteiger partial charge in [0, 0.05) is 44.6 Å². The van der Waals surface area contributed by atoms with Gasteiger partial charge in [0.1, 0.15) is 0 Å². The first kappa shape index (κ1) is 41.7. The van der Waals surface area contributed by atoms with Gasteiger partial charge in [0.15, 0.2) is 0 Å².